The van der Waals surface area contributed by atoms with Crippen molar-refractivity contribution < 1.29 is 14.1 Å². The molecule has 0 aliphatic rings. The van der Waals surface area contributed by atoms with Crippen LogP contribution in [0.2, 0.25) is 0 Å². The molecule has 2 aromatic rings. The first-order valence-electron chi connectivity index (χ1n) is 6.30. The van der Waals surface area contributed by atoms with Crippen LogP contribution >= 0.6 is 0 Å². The van der Waals surface area contributed by atoms with E-state index in [-0.39, 0.29) is 5.69 Å². The molecule has 2 rings (SSSR count). The Morgan fingerprint density at radius 1 is 1.40 bits per heavy atom. The highest BCUT2D eigenvalue weighted by Gasteiger charge is 2.15. The van der Waals surface area contributed by atoms with Gasteiger partial charge in [0.05, 0.1) is 30.4 Å². The normalized spacial score (nSPS) is 10.3. The Balaban J connectivity index is 2.18. The number of benzene rings is 1. The van der Waals surface area contributed by atoms with Crippen molar-refractivity contribution in [3.63, 3.8) is 0 Å². The van der Waals surface area contributed by atoms with E-state index in [2.05, 4.69) is 5.32 Å². The van der Waals surface area contributed by atoms with Gasteiger partial charge in [0.2, 0.25) is 0 Å². The summed E-state index contributed by atoms with van der Waals surface area (Å²) in [5, 5.41) is 14.1. The lowest BCUT2D eigenvalue weighted by Gasteiger charge is -2.08. The number of aryl methyl sites for hydroxylation is 1. The second kappa shape index (κ2) is 6.10. The van der Waals surface area contributed by atoms with Crippen LogP contribution in [0.25, 0.3) is 0 Å². The number of ether oxygens (including phenoxy) is 1. The molecule has 1 N–H and O–H groups in total. The second-order valence-corrected chi connectivity index (χ2v) is 4.25. The van der Waals surface area contributed by atoms with Crippen LogP contribution in [0.5, 0.6) is 5.75 Å². The molecule has 0 unspecified atom stereocenters. The maximum atomic E-state index is 11.1. The summed E-state index contributed by atoms with van der Waals surface area (Å²) in [5.41, 5.74) is 1.43. The summed E-state index contributed by atoms with van der Waals surface area (Å²) in [5.74, 6) is 1.24. The molecule has 0 radical (unpaired) electrons. The van der Waals surface area contributed by atoms with E-state index >= 15 is 0 Å². The predicted octanol–water partition coefficient (Wildman–Crippen LogP) is 3.51. The van der Waals surface area contributed by atoms with E-state index in [9.17, 15) is 10.1 Å². The van der Waals surface area contributed by atoms with Gasteiger partial charge in [0, 0.05) is 0 Å². The van der Waals surface area contributed by atoms with Crippen molar-refractivity contribution >= 4 is 11.4 Å². The van der Waals surface area contributed by atoms with Crippen LogP contribution < -0.4 is 10.1 Å². The lowest BCUT2D eigenvalue weighted by atomic mass is 10.2. The van der Waals surface area contributed by atoms with Gasteiger partial charge in [-0.15, -0.1) is 0 Å². The molecule has 1 aromatic heterocycles. The van der Waals surface area contributed by atoms with Crippen molar-refractivity contribution in [2.24, 2.45) is 0 Å². The van der Waals surface area contributed by atoms with Gasteiger partial charge < -0.3 is 14.5 Å². The lowest BCUT2D eigenvalue weighted by molar-refractivity contribution is -0.384. The minimum atomic E-state index is -0.431. The summed E-state index contributed by atoms with van der Waals surface area (Å²) in [6.07, 6.45) is 1.60. The number of hydrogen-bond donors (Lipinski definition) is 1. The lowest BCUT2D eigenvalue weighted by Crippen LogP contribution is -2.03. The minimum Gasteiger partial charge on any atom is -0.494 e. The van der Waals surface area contributed by atoms with Crippen molar-refractivity contribution in [3.8, 4) is 5.75 Å². The Kier molecular flexibility index (Phi) is 4.24. The van der Waals surface area contributed by atoms with E-state index in [0.717, 1.165) is 11.3 Å². The molecule has 0 fully saturated rings. The fourth-order valence-corrected chi connectivity index (χ4v) is 1.83. The molecule has 0 amide bonds. The monoisotopic (exact) mass is 276 g/mol. The van der Waals surface area contributed by atoms with E-state index in [1.807, 2.05) is 19.9 Å². The third-order valence-electron chi connectivity index (χ3n) is 2.88. The van der Waals surface area contributed by atoms with Gasteiger partial charge in [-0.3, -0.25) is 10.1 Å². The minimum absolute atomic E-state index is 0.0137. The fraction of sp³-hybridized carbons (Fsp3) is 0.286. The second-order valence-electron chi connectivity index (χ2n) is 4.25. The van der Waals surface area contributed by atoms with E-state index < -0.39 is 4.92 Å². The van der Waals surface area contributed by atoms with Crippen LogP contribution in [0.3, 0.4) is 0 Å². The molecule has 0 bridgehead atoms. The standard InChI is InChI=1S/C14H16N2O4/c1-3-19-11-4-5-12(13(8-11)16(17)18)15-9-14-10(2)6-7-20-14/h4-8,15H,3,9H2,1-2H3. The Morgan fingerprint density at radius 2 is 2.20 bits per heavy atom. The highest BCUT2D eigenvalue weighted by Crippen LogP contribution is 2.29. The van der Waals surface area contributed by atoms with Crippen LogP contribution in [-0.2, 0) is 6.54 Å². The highest BCUT2D eigenvalue weighted by atomic mass is 16.6. The van der Waals surface area contributed by atoms with E-state index in [4.69, 9.17) is 9.15 Å². The first-order chi connectivity index (χ1) is 9.61. The predicted molar refractivity (Wildman–Crippen MR) is 75.0 cm³/mol. The molecule has 106 valence electrons. The molecule has 1 aromatic carbocycles. The molecule has 0 spiro atoms. The fourth-order valence-electron chi connectivity index (χ4n) is 1.83. The molecular formula is C14H16N2O4. The summed E-state index contributed by atoms with van der Waals surface area (Å²) < 4.78 is 10.6. The summed E-state index contributed by atoms with van der Waals surface area (Å²) in [7, 11) is 0. The summed E-state index contributed by atoms with van der Waals surface area (Å²) in [4.78, 5) is 10.7. The molecule has 0 aliphatic carbocycles. The Bertz CT molecular complexity index is 607. The average Bonchev–Trinajstić information content (AvgIpc) is 2.83. The van der Waals surface area contributed by atoms with E-state index in [0.29, 0.717) is 24.6 Å². The van der Waals surface area contributed by atoms with Crippen molar-refractivity contribution in [3.05, 3.63) is 52.0 Å². The number of anilines is 1. The van der Waals surface area contributed by atoms with Crippen LogP contribution in [0.4, 0.5) is 11.4 Å². The van der Waals surface area contributed by atoms with Gasteiger partial charge in [-0.1, -0.05) is 0 Å². The smallest absolute Gasteiger partial charge is 0.296 e. The Morgan fingerprint density at radius 3 is 2.80 bits per heavy atom. The summed E-state index contributed by atoms with van der Waals surface area (Å²) in [6.45, 7) is 4.62. The third kappa shape index (κ3) is 3.09. The SMILES string of the molecule is CCOc1ccc(NCc2occc2C)c([N+](=O)[O-])c1. The first-order valence-corrected chi connectivity index (χ1v) is 6.30. The van der Waals surface area contributed by atoms with Crippen molar-refractivity contribution in [1.82, 2.24) is 0 Å². The molecule has 0 atom stereocenters. The zero-order chi connectivity index (χ0) is 14.5. The Labute approximate surface area is 116 Å². The van der Waals surface area contributed by atoms with Crippen LogP contribution in [0.15, 0.2) is 34.9 Å². The van der Waals surface area contributed by atoms with Crippen LogP contribution in [-0.4, -0.2) is 11.5 Å². The van der Waals surface area contributed by atoms with Crippen molar-refractivity contribution in [2.45, 2.75) is 20.4 Å². The quantitative estimate of drug-likeness (QED) is 0.645. The number of hydrogen-bond acceptors (Lipinski definition) is 5. The first kappa shape index (κ1) is 13.9. The molecular weight excluding hydrogens is 260 g/mol. The number of nitro benzene ring substituents is 1. The Hall–Kier alpha value is -2.50. The summed E-state index contributed by atoms with van der Waals surface area (Å²) in [6, 6.07) is 6.61. The van der Waals surface area contributed by atoms with E-state index in [1.165, 1.54) is 6.07 Å². The third-order valence-corrected chi connectivity index (χ3v) is 2.88. The van der Waals surface area contributed by atoms with Gasteiger partial charge in [-0.25, -0.2) is 0 Å². The maximum absolute atomic E-state index is 11.1. The number of nitrogens with zero attached hydrogens (tertiary/aromatic N) is 1. The molecule has 1 heterocycles. The van der Waals surface area contributed by atoms with Crippen LogP contribution in [0.1, 0.15) is 18.2 Å². The van der Waals surface area contributed by atoms with E-state index in [1.54, 1.807) is 18.4 Å². The molecule has 6 nitrogen and oxygen atoms in total. The molecule has 0 saturated carbocycles. The topological polar surface area (TPSA) is 77.5 Å². The van der Waals surface area contributed by atoms with Crippen molar-refractivity contribution in [1.29, 1.82) is 0 Å². The number of furan rings is 1. The zero-order valence-corrected chi connectivity index (χ0v) is 11.4. The van der Waals surface area contributed by atoms with Gasteiger partial charge in [-0.2, -0.15) is 0 Å². The number of rotatable bonds is 6. The van der Waals surface area contributed by atoms with Gasteiger partial charge in [0.15, 0.2) is 0 Å². The van der Waals surface area contributed by atoms with Gasteiger partial charge in [0.1, 0.15) is 17.2 Å². The largest absolute Gasteiger partial charge is 0.494 e. The highest BCUT2D eigenvalue weighted by molar-refractivity contribution is 5.63. The molecule has 20 heavy (non-hydrogen) atoms. The molecule has 6 heteroatoms. The average molecular weight is 276 g/mol. The van der Waals surface area contributed by atoms with Gasteiger partial charge in [-0.05, 0) is 37.6 Å². The maximum Gasteiger partial charge on any atom is 0.296 e. The molecule has 0 aliphatic heterocycles. The number of nitro groups is 1. The van der Waals surface area contributed by atoms with Gasteiger partial charge >= 0.3 is 0 Å². The van der Waals surface area contributed by atoms with Crippen molar-refractivity contribution in [2.75, 3.05) is 11.9 Å². The van der Waals surface area contributed by atoms with Gasteiger partial charge in [0.25, 0.3) is 5.69 Å². The number of nitrogens with one attached hydrogen (secondary N) is 1. The molecule has 0 saturated heterocycles. The summed E-state index contributed by atoms with van der Waals surface area (Å²) >= 11 is 0. The van der Waals surface area contributed by atoms with Crippen LogP contribution in [0, 0.1) is 17.0 Å². The zero-order valence-electron chi connectivity index (χ0n) is 11.4.